The Kier molecular flexibility index (Phi) is 4.83. The van der Waals surface area contributed by atoms with Gasteiger partial charge in [0.1, 0.15) is 5.82 Å². The number of hydrogen-bond acceptors (Lipinski definition) is 3. The summed E-state index contributed by atoms with van der Waals surface area (Å²) in [6.45, 7) is 1.69. The third kappa shape index (κ3) is 3.67. The Bertz CT molecular complexity index is 959. The molecule has 4 nitrogen and oxygen atoms in total. The van der Waals surface area contributed by atoms with E-state index >= 15 is 0 Å². The Labute approximate surface area is 157 Å². The normalized spacial score (nSPS) is 12.9. The number of rotatable bonds is 6. The first kappa shape index (κ1) is 17.2. The molecule has 0 aliphatic carbocycles. The smallest absolute Gasteiger partial charge is 0.256 e. The van der Waals surface area contributed by atoms with Gasteiger partial charge in [-0.1, -0.05) is 30.3 Å². The number of anilines is 1. The highest BCUT2D eigenvalue weighted by atomic mass is 19.1. The zero-order valence-corrected chi connectivity index (χ0v) is 14.9. The molecule has 1 aliphatic heterocycles. The average molecular weight is 361 g/mol. The van der Waals surface area contributed by atoms with E-state index in [2.05, 4.69) is 10.3 Å². The molecule has 0 atom stereocenters. The van der Waals surface area contributed by atoms with Gasteiger partial charge in [0.15, 0.2) is 0 Å². The molecule has 4 rings (SSSR count). The van der Waals surface area contributed by atoms with Gasteiger partial charge in [0, 0.05) is 37.7 Å². The van der Waals surface area contributed by atoms with Crippen LogP contribution in [0.3, 0.4) is 0 Å². The van der Waals surface area contributed by atoms with Crippen molar-refractivity contribution >= 4 is 11.6 Å². The fourth-order valence-corrected chi connectivity index (χ4v) is 3.40. The van der Waals surface area contributed by atoms with Gasteiger partial charge in [-0.05, 0) is 47.4 Å². The molecule has 5 heteroatoms. The first-order valence-corrected chi connectivity index (χ1v) is 9.00. The van der Waals surface area contributed by atoms with Gasteiger partial charge in [-0.25, -0.2) is 4.39 Å². The van der Waals surface area contributed by atoms with E-state index in [1.165, 1.54) is 6.07 Å². The van der Waals surface area contributed by atoms with Gasteiger partial charge in [-0.3, -0.25) is 9.78 Å². The highest BCUT2D eigenvalue weighted by molar-refractivity contribution is 6.03. The number of aromatic nitrogens is 1. The summed E-state index contributed by atoms with van der Waals surface area (Å²) in [5.41, 5.74) is 4.30. The van der Waals surface area contributed by atoms with E-state index in [1.807, 2.05) is 36.4 Å². The Hall–Kier alpha value is -3.21. The van der Waals surface area contributed by atoms with Crippen LogP contribution in [-0.2, 0) is 19.5 Å². The first-order chi connectivity index (χ1) is 13.2. The molecule has 0 bridgehead atoms. The largest absolute Gasteiger partial charge is 0.380 e. The fourth-order valence-electron chi connectivity index (χ4n) is 3.40. The van der Waals surface area contributed by atoms with Gasteiger partial charge < -0.3 is 10.2 Å². The summed E-state index contributed by atoms with van der Waals surface area (Å²) in [6, 6.07) is 16.5. The molecule has 3 aromatic rings. The number of hydrogen-bond donors (Lipinski definition) is 1. The van der Waals surface area contributed by atoms with Crippen LogP contribution in [0, 0.1) is 5.82 Å². The lowest BCUT2D eigenvalue weighted by Gasteiger charge is -2.16. The summed E-state index contributed by atoms with van der Waals surface area (Å²) >= 11 is 0. The predicted molar refractivity (Wildman–Crippen MR) is 103 cm³/mol. The minimum Gasteiger partial charge on any atom is -0.380 e. The predicted octanol–water partition coefficient (Wildman–Crippen LogP) is 4.03. The highest BCUT2D eigenvalue weighted by Crippen LogP contribution is 2.30. The van der Waals surface area contributed by atoms with Crippen molar-refractivity contribution < 1.29 is 9.18 Å². The van der Waals surface area contributed by atoms with E-state index in [9.17, 15) is 9.18 Å². The molecule has 0 saturated heterocycles. The minimum atomic E-state index is -0.221. The summed E-state index contributed by atoms with van der Waals surface area (Å²) in [4.78, 5) is 18.7. The van der Waals surface area contributed by atoms with Gasteiger partial charge >= 0.3 is 0 Å². The molecule has 0 fully saturated rings. The van der Waals surface area contributed by atoms with Crippen LogP contribution >= 0.6 is 0 Å². The lowest BCUT2D eigenvalue weighted by molar-refractivity contribution is 0.0780. The van der Waals surface area contributed by atoms with Gasteiger partial charge in [-0.15, -0.1) is 0 Å². The molecule has 0 radical (unpaired) electrons. The third-order valence-corrected chi connectivity index (χ3v) is 4.85. The molecule has 1 amide bonds. The van der Waals surface area contributed by atoms with Crippen LogP contribution in [0.4, 0.5) is 10.1 Å². The second-order valence-corrected chi connectivity index (χ2v) is 6.62. The molecular formula is C22H20FN3O. The SMILES string of the molecule is O=C1c2c(cccc2NCc2ccncc2)CN1CCc1ccccc1F. The summed E-state index contributed by atoms with van der Waals surface area (Å²) in [5, 5.41) is 3.36. The fraction of sp³-hybridized carbons (Fsp3) is 0.182. The van der Waals surface area contributed by atoms with Gasteiger partial charge in [0.25, 0.3) is 5.91 Å². The van der Waals surface area contributed by atoms with E-state index in [0.29, 0.717) is 31.6 Å². The number of halogens is 1. The monoisotopic (exact) mass is 361 g/mol. The van der Waals surface area contributed by atoms with Gasteiger partial charge in [0.05, 0.1) is 5.56 Å². The van der Waals surface area contributed by atoms with Crippen LogP contribution < -0.4 is 5.32 Å². The summed E-state index contributed by atoms with van der Waals surface area (Å²) in [5.74, 6) is -0.222. The maximum absolute atomic E-state index is 13.8. The number of benzene rings is 2. The topological polar surface area (TPSA) is 45.2 Å². The number of nitrogens with one attached hydrogen (secondary N) is 1. The Morgan fingerprint density at radius 3 is 2.67 bits per heavy atom. The van der Waals surface area contributed by atoms with E-state index < -0.39 is 0 Å². The number of fused-ring (bicyclic) bond motifs is 1. The molecule has 2 aromatic carbocycles. The second-order valence-electron chi connectivity index (χ2n) is 6.62. The van der Waals surface area contributed by atoms with Crippen molar-refractivity contribution in [3.05, 3.63) is 95.1 Å². The van der Waals surface area contributed by atoms with Crippen molar-refractivity contribution in [2.75, 3.05) is 11.9 Å². The Morgan fingerprint density at radius 1 is 1.04 bits per heavy atom. The Balaban J connectivity index is 1.46. The van der Waals surface area contributed by atoms with Crippen molar-refractivity contribution in [1.82, 2.24) is 9.88 Å². The quantitative estimate of drug-likeness (QED) is 0.721. The molecule has 2 heterocycles. The molecule has 1 N–H and O–H groups in total. The van der Waals surface area contributed by atoms with Crippen LogP contribution in [-0.4, -0.2) is 22.3 Å². The maximum atomic E-state index is 13.8. The zero-order valence-electron chi connectivity index (χ0n) is 14.9. The average Bonchev–Trinajstić information content (AvgIpc) is 3.03. The second kappa shape index (κ2) is 7.58. The van der Waals surface area contributed by atoms with Gasteiger partial charge in [0.2, 0.25) is 0 Å². The van der Waals surface area contributed by atoms with Crippen LogP contribution in [0.15, 0.2) is 67.0 Å². The van der Waals surface area contributed by atoms with Crippen molar-refractivity contribution in [3.8, 4) is 0 Å². The minimum absolute atomic E-state index is 0.000771. The zero-order chi connectivity index (χ0) is 18.6. The van der Waals surface area contributed by atoms with Crippen molar-refractivity contribution in [3.63, 3.8) is 0 Å². The number of pyridine rings is 1. The number of carbonyl (C=O) groups excluding carboxylic acids is 1. The number of amides is 1. The molecule has 0 unspecified atom stereocenters. The summed E-state index contributed by atoms with van der Waals surface area (Å²) in [7, 11) is 0. The van der Waals surface area contributed by atoms with E-state index in [0.717, 1.165) is 22.4 Å². The molecule has 0 spiro atoms. The van der Waals surface area contributed by atoms with Crippen LogP contribution in [0.1, 0.15) is 27.0 Å². The van der Waals surface area contributed by atoms with Crippen molar-refractivity contribution in [2.45, 2.75) is 19.5 Å². The third-order valence-electron chi connectivity index (χ3n) is 4.85. The first-order valence-electron chi connectivity index (χ1n) is 9.00. The van der Waals surface area contributed by atoms with Gasteiger partial charge in [-0.2, -0.15) is 0 Å². The lowest BCUT2D eigenvalue weighted by atomic mass is 10.1. The molecule has 136 valence electrons. The van der Waals surface area contributed by atoms with E-state index in [1.54, 1.807) is 29.4 Å². The molecule has 27 heavy (non-hydrogen) atoms. The summed E-state index contributed by atoms with van der Waals surface area (Å²) < 4.78 is 13.8. The van der Waals surface area contributed by atoms with E-state index in [-0.39, 0.29) is 11.7 Å². The lowest BCUT2D eigenvalue weighted by Crippen LogP contribution is -2.26. The number of carbonyl (C=O) groups is 1. The van der Waals surface area contributed by atoms with Crippen LogP contribution in [0.25, 0.3) is 0 Å². The van der Waals surface area contributed by atoms with Crippen LogP contribution in [0.2, 0.25) is 0 Å². The molecule has 1 aliphatic rings. The van der Waals surface area contributed by atoms with Crippen molar-refractivity contribution in [1.29, 1.82) is 0 Å². The maximum Gasteiger partial charge on any atom is 0.256 e. The summed E-state index contributed by atoms with van der Waals surface area (Å²) in [6.07, 6.45) is 4.01. The van der Waals surface area contributed by atoms with E-state index in [4.69, 9.17) is 0 Å². The standard InChI is InChI=1S/C22H20FN3O/c23-19-6-2-1-4-17(19)10-13-26-15-18-5-3-7-20(21(18)22(26)27)25-14-16-8-11-24-12-9-16/h1-9,11-12,25H,10,13-15H2. The van der Waals surface area contributed by atoms with Crippen LogP contribution in [0.5, 0.6) is 0 Å². The highest BCUT2D eigenvalue weighted by Gasteiger charge is 2.29. The Morgan fingerprint density at radius 2 is 1.85 bits per heavy atom. The molecule has 0 saturated carbocycles. The van der Waals surface area contributed by atoms with Crippen molar-refractivity contribution in [2.24, 2.45) is 0 Å². The molecule has 1 aromatic heterocycles. The number of nitrogens with zero attached hydrogens (tertiary/aromatic N) is 2. The molecular weight excluding hydrogens is 341 g/mol.